The molecule has 2 aliphatic rings. The van der Waals surface area contributed by atoms with Crippen LogP contribution in [0.5, 0.6) is 0 Å². The second kappa shape index (κ2) is 9.47. The molecule has 1 aromatic carbocycles. The summed E-state index contributed by atoms with van der Waals surface area (Å²) < 4.78 is 1.10. The van der Waals surface area contributed by atoms with Crippen LogP contribution in [0.15, 0.2) is 18.2 Å². The third-order valence-electron chi connectivity index (χ3n) is 5.03. The monoisotopic (exact) mass is 511 g/mol. The maximum Gasteiger partial charge on any atom is 0.264 e. The summed E-state index contributed by atoms with van der Waals surface area (Å²) in [6.45, 7) is 0. The highest BCUT2D eigenvalue weighted by Crippen LogP contribution is 2.32. The van der Waals surface area contributed by atoms with Gasteiger partial charge in [0.25, 0.3) is 11.8 Å². The van der Waals surface area contributed by atoms with Crippen molar-refractivity contribution in [3.8, 4) is 0 Å². The number of alkyl halides is 1. The molecule has 2 N–H and O–H groups in total. The predicted octanol–water partition coefficient (Wildman–Crippen LogP) is 2.41. The molecule has 2 aliphatic heterocycles. The van der Waals surface area contributed by atoms with E-state index in [1.165, 1.54) is 6.07 Å². The van der Waals surface area contributed by atoms with Gasteiger partial charge in [0, 0.05) is 12.8 Å². The average Bonchev–Trinajstić information content (AvgIpc) is 2.93. The Hall–Kier alpha value is -2.30. The van der Waals surface area contributed by atoms with Crippen molar-refractivity contribution in [3.63, 3.8) is 0 Å². The van der Waals surface area contributed by atoms with Crippen molar-refractivity contribution in [2.75, 3.05) is 9.74 Å². The minimum absolute atomic E-state index is 0.0605. The number of unbranched alkanes of at least 4 members (excludes halogenated alkanes) is 3. The Morgan fingerprint density at radius 2 is 1.86 bits per heavy atom. The number of imide groups is 2. The molecular formula is C20H22IN3O5. The number of hydrogen-bond donors (Lipinski definition) is 2. The van der Waals surface area contributed by atoms with Crippen molar-refractivity contribution in [2.45, 2.75) is 51.0 Å². The molecule has 8 nitrogen and oxygen atoms in total. The zero-order valence-electron chi connectivity index (χ0n) is 15.8. The number of carbonyl (C=O) groups excluding carboxylic acids is 5. The fourth-order valence-electron chi connectivity index (χ4n) is 3.57. The van der Waals surface area contributed by atoms with Gasteiger partial charge >= 0.3 is 0 Å². The van der Waals surface area contributed by atoms with Crippen LogP contribution in [0.2, 0.25) is 0 Å². The second-order valence-electron chi connectivity index (χ2n) is 7.08. The van der Waals surface area contributed by atoms with Crippen molar-refractivity contribution >= 4 is 57.8 Å². The number of amides is 5. The average molecular weight is 511 g/mol. The molecule has 1 aromatic rings. The van der Waals surface area contributed by atoms with Crippen LogP contribution in [0.25, 0.3) is 0 Å². The Morgan fingerprint density at radius 1 is 1.10 bits per heavy atom. The van der Waals surface area contributed by atoms with Crippen LogP contribution < -0.4 is 10.6 Å². The lowest BCUT2D eigenvalue weighted by Crippen LogP contribution is -2.54. The topological polar surface area (TPSA) is 113 Å². The van der Waals surface area contributed by atoms with Crippen molar-refractivity contribution in [1.29, 1.82) is 0 Å². The normalized spacial score (nSPS) is 18.7. The molecule has 1 unspecified atom stereocenters. The zero-order valence-corrected chi connectivity index (χ0v) is 18.0. The van der Waals surface area contributed by atoms with Gasteiger partial charge in [-0.05, 0) is 35.8 Å². The molecule has 154 valence electrons. The number of anilines is 1. The van der Waals surface area contributed by atoms with E-state index in [1.807, 2.05) is 0 Å². The van der Waals surface area contributed by atoms with E-state index in [1.54, 1.807) is 12.1 Å². The molecule has 3 rings (SSSR count). The van der Waals surface area contributed by atoms with E-state index in [-0.39, 0.29) is 35.6 Å². The molecule has 0 aromatic heterocycles. The van der Waals surface area contributed by atoms with Gasteiger partial charge in [-0.15, -0.1) is 0 Å². The molecule has 1 atom stereocenters. The lowest BCUT2D eigenvalue weighted by Gasteiger charge is -2.27. The number of piperidine rings is 1. The minimum Gasteiger partial charge on any atom is -0.325 e. The highest BCUT2D eigenvalue weighted by atomic mass is 127. The SMILES string of the molecule is O=C1CCC(N2C(=O)c3cccc(NC(=O)CCCCCCI)c3C2=O)C(=O)N1. The van der Waals surface area contributed by atoms with Crippen LogP contribution in [0, 0.1) is 0 Å². The number of nitrogens with one attached hydrogen (secondary N) is 2. The van der Waals surface area contributed by atoms with Gasteiger partial charge in [0.05, 0.1) is 16.8 Å². The maximum absolute atomic E-state index is 13.0. The summed E-state index contributed by atoms with van der Waals surface area (Å²) in [5.74, 6) is -2.51. The van der Waals surface area contributed by atoms with E-state index in [4.69, 9.17) is 0 Å². The van der Waals surface area contributed by atoms with Gasteiger partial charge in [-0.2, -0.15) is 0 Å². The summed E-state index contributed by atoms with van der Waals surface area (Å²) in [6.07, 6.45) is 4.41. The van der Waals surface area contributed by atoms with Gasteiger partial charge in [0.15, 0.2) is 0 Å². The molecule has 2 heterocycles. The van der Waals surface area contributed by atoms with Gasteiger partial charge in [0.1, 0.15) is 6.04 Å². The van der Waals surface area contributed by atoms with Crippen LogP contribution in [0.4, 0.5) is 5.69 Å². The van der Waals surface area contributed by atoms with Crippen LogP contribution in [0.1, 0.15) is 65.7 Å². The third-order valence-corrected chi connectivity index (χ3v) is 5.79. The van der Waals surface area contributed by atoms with Gasteiger partial charge in [-0.1, -0.05) is 41.5 Å². The number of halogens is 1. The summed E-state index contributed by atoms with van der Waals surface area (Å²) in [7, 11) is 0. The minimum atomic E-state index is -1.03. The van der Waals surface area contributed by atoms with Gasteiger partial charge in [-0.3, -0.25) is 34.2 Å². The van der Waals surface area contributed by atoms with Crippen molar-refractivity contribution in [1.82, 2.24) is 10.2 Å². The molecule has 1 fully saturated rings. The third kappa shape index (κ3) is 4.65. The molecule has 0 spiro atoms. The van der Waals surface area contributed by atoms with Crippen molar-refractivity contribution in [2.24, 2.45) is 0 Å². The van der Waals surface area contributed by atoms with Crippen LogP contribution in [-0.4, -0.2) is 44.9 Å². The summed E-state index contributed by atoms with van der Waals surface area (Å²) in [6, 6.07) is 3.64. The number of hydrogen-bond acceptors (Lipinski definition) is 5. The highest BCUT2D eigenvalue weighted by molar-refractivity contribution is 14.1. The fraction of sp³-hybridized carbons (Fsp3) is 0.450. The number of carbonyl (C=O) groups is 5. The molecule has 0 radical (unpaired) electrons. The Kier molecular flexibility index (Phi) is 6.99. The lowest BCUT2D eigenvalue weighted by molar-refractivity contribution is -0.136. The fourth-order valence-corrected chi connectivity index (χ4v) is 4.10. The molecule has 29 heavy (non-hydrogen) atoms. The van der Waals surface area contributed by atoms with Gasteiger partial charge in [-0.25, -0.2) is 0 Å². The first-order chi connectivity index (χ1) is 13.9. The first kappa shape index (κ1) is 21.4. The maximum atomic E-state index is 13.0. The summed E-state index contributed by atoms with van der Waals surface area (Å²) >= 11 is 2.32. The van der Waals surface area contributed by atoms with E-state index in [9.17, 15) is 24.0 Å². The van der Waals surface area contributed by atoms with Crippen LogP contribution in [0.3, 0.4) is 0 Å². The molecule has 5 amide bonds. The Labute approximate surface area is 181 Å². The summed E-state index contributed by atoms with van der Waals surface area (Å²) in [5.41, 5.74) is 0.521. The van der Waals surface area contributed by atoms with E-state index in [0.717, 1.165) is 35.0 Å². The Morgan fingerprint density at radius 3 is 2.59 bits per heavy atom. The quantitative estimate of drug-likeness (QED) is 0.241. The largest absolute Gasteiger partial charge is 0.325 e. The number of nitrogens with zero attached hydrogens (tertiary/aromatic N) is 1. The Balaban J connectivity index is 1.72. The van der Waals surface area contributed by atoms with E-state index in [0.29, 0.717) is 6.42 Å². The van der Waals surface area contributed by atoms with Crippen LogP contribution >= 0.6 is 22.6 Å². The lowest BCUT2D eigenvalue weighted by atomic mass is 10.0. The molecule has 9 heteroatoms. The highest BCUT2D eigenvalue weighted by Gasteiger charge is 2.45. The molecule has 1 saturated heterocycles. The van der Waals surface area contributed by atoms with Crippen molar-refractivity contribution in [3.05, 3.63) is 29.3 Å². The number of fused-ring (bicyclic) bond motifs is 1. The second-order valence-corrected chi connectivity index (χ2v) is 8.16. The molecule has 0 aliphatic carbocycles. The standard InChI is InChI=1S/C20H22IN3O5/c21-11-4-2-1-3-8-15(25)22-13-7-5-6-12-17(13)20(29)24(19(12)28)14-9-10-16(26)23-18(14)27/h5-7,14H,1-4,8-11H2,(H,22,25)(H,23,26,27). The van der Waals surface area contributed by atoms with Crippen molar-refractivity contribution < 1.29 is 24.0 Å². The van der Waals surface area contributed by atoms with E-state index < -0.39 is 29.7 Å². The first-order valence-corrected chi connectivity index (χ1v) is 11.2. The summed E-state index contributed by atoms with van der Waals surface area (Å²) in [5, 5.41) is 4.90. The first-order valence-electron chi connectivity index (χ1n) is 9.64. The Bertz CT molecular complexity index is 870. The zero-order chi connectivity index (χ0) is 21.0. The van der Waals surface area contributed by atoms with Gasteiger partial charge < -0.3 is 5.32 Å². The molecule has 0 bridgehead atoms. The smallest absolute Gasteiger partial charge is 0.264 e. The van der Waals surface area contributed by atoms with E-state index in [2.05, 4.69) is 33.2 Å². The summed E-state index contributed by atoms with van der Waals surface area (Å²) in [4.78, 5) is 62.4. The van der Waals surface area contributed by atoms with Crippen LogP contribution in [-0.2, 0) is 14.4 Å². The molecular weight excluding hydrogens is 489 g/mol. The van der Waals surface area contributed by atoms with Gasteiger partial charge in [0.2, 0.25) is 17.7 Å². The number of rotatable bonds is 8. The van der Waals surface area contributed by atoms with E-state index >= 15 is 0 Å². The number of benzene rings is 1. The predicted molar refractivity (Wildman–Crippen MR) is 114 cm³/mol. The molecule has 0 saturated carbocycles.